The highest BCUT2D eigenvalue weighted by molar-refractivity contribution is 5.92. The van der Waals surface area contributed by atoms with Gasteiger partial charge >= 0.3 is 5.97 Å². The van der Waals surface area contributed by atoms with E-state index in [4.69, 9.17) is 14.2 Å². The molecule has 2 aliphatic rings. The average molecular weight is 367 g/mol. The Kier molecular flexibility index (Phi) is 4.71. The van der Waals surface area contributed by atoms with Crippen LogP contribution in [-0.4, -0.2) is 24.8 Å². The standard InChI is InChI=1S/C21H21NO5/c1-13(27-21(24)17-7-6-15-3-2-4-16(15)10-17)20(23)22-11-14-5-8-18-19(9-14)26-12-25-18/h5-10,13H,2-4,11-12H2,1H3,(H,22,23)/t13-/m0/s1. The molecule has 0 aromatic heterocycles. The molecule has 1 amide bonds. The Bertz CT molecular complexity index is 892. The van der Waals surface area contributed by atoms with Gasteiger partial charge in [-0.3, -0.25) is 4.79 Å². The van der Waals surface area contributed by atoms with Crippen LogP contribution in [0.1, 0.15) is 40.4 Å². The van der Waals surface area contributed by atoms with Gasteiger partial charge in [0, 0.05) is 6.54 Å². The number of hydrogen-bond donors (Lipinski definition) is 1. The van der Waals surface area contributed by atoms with Crippen molar-refractivity contribution in [1.82, 2.24) is 5.32 Å². The normalized spacial score (nSPS) is 15.1. The Morgan fingerprint density at radius 3 is 2.78 bits per heavy atom. The summed E-state index contributed by atoms with van der Waals surface area (Å²) < 4.78 is 15.9. The molecular formula is C21H21NO5. The number of amides is 1. The molecule has 6 heteroatoms. The van der Waals surface area contributed by atoms with Crippen LogP contribution in [0, 0.1) is 0 Å². The second-order valence-electron chi connectivity index (χ2n) is 6.79. The predicted octanol–water partition coefficient (Wildman–Crippen LogP) is 2.77. The Morgan fingerprint density at radius 1 is 1.07 bits per heavy atom. The fourth-order valence-corrected chi connectivity index (χ4v) is 3.36. The molecular weight excluding hydrogens is 346 g/mol. The number of benzene rings is 2. The summed E-state index contributed by atoms with van der Waals surface area (Å²) in [4.78, 5) is 24.6. The van der Waals surface area contributed by atoms with E-state index in [1.807, 2.05) is 24.3 Å². The van der Waals surface area contributed by atoms with E-state index >= 15 is 0 Å². The van der Waals surface area contributed by atoms with E-state index < -0.39 is 12.1 Å². The second kappa shape index (κ2) is 7.31. The highest BCUT2D eigenvalue weighted by Crippen LogP contribution is 2.32. The van der Waals surface area contributed by atoms with Gasteiger partial charge in [0.25, 0.3) is 5.91 Å². The van der Waals surface area contributed by atoms with Gasteiger partial charge in [-0.1, -0.05) is 12.1 Å². The van der Waals surface area contributed by atoms with Crippen LogP contribution in [0.15, 0.2) is 36.4 Å². The lowest BCUT2D eigenvalue weighted by Crippen LogP contribution is -2.35. The zero-order valence-corrected chi connectivity index (χ0v) is 15.1. The van der Waals surface area contributed by atoms with Crippen molar-refractivity contribution in [2.75, 3.05) is 6.79 Å². The van der Waals surface area contributed by atoms with Crippen molar-refractivity contribution >= 4 is 11.9 Å². The number of hydrogen-bond acceptors (Lipinski definition) is 5. The van der Waals surface area contributed by atoms with E-state index in [0.717, 1.165) is 24.8 Å². The highest BCUT2D eigenvalue weighted by atomic mass is 16.7. The molecule has 0 unspecified atom stereocenters. The van der Waals surface area contributed by atoms with Gasteiger partial charge in [0.05, 0.1) is 5.56 Å². The predicted molar refractivity (Wildman–Crippen MR) is 97.8 cm³/mol. The molecule has 1 atom stereocenters. The molecule has 0 bridgehead atoms. The molecule has 0 spiro atoms. The zero-order valence-electron chi connectivity index (χ0n) is 15.1. The minimum Gasteiger partial charge on any atom is -0.454 e. The topological polar surface area (TPSA) is 73.9 Å². The molecule has 0 saturated carbocycles. The van der Waals surface area contributed by atoms with E-state index in [-0.39, 0.29) is 12.7 Å². The molecule has 1 aliphatic heterocycles. The van der Waals surface area contributed by atoms with Crippen molar-refractivity contribution in [3.05, 3.63) is 58.7 Å². The van der Waals surface area contributed by atoms with Crippen molar-refractivity contribution in [2.24, 2.45) is 0 Å². The molecule has 140 valence electrons. The van der Waals surface area contributed by atoms with Crippen LogP contribution >= 0.6 is 0 Å². The number of aryl methyl sites for hydroxylation is 2. The summed E-state index contributed by atoms with van der Waals surface area (Å²) in [6.45, 7) is 2.09. The largest absolute Gasteiger partial charge is 0.454 e. The van der Waals surface area contributed by atoms with Gasteiger partial charge in [-0.15, -0.1) is 0 Å². The molecule has 0 radical (unpaired) electrons. The first-order chi connectivity index (χ1) is 13.1. The lowest BCUT2D eigenvalue weighted by atomic mass is 10.1. The zero-order chi connectivity index (χ0) is 18.8. The van der Waals surface area contributed by atoms with Crippen LogP contribution in [0.25, 0.3) is 0 Å². The maximum absolute atomic E-state index is 12.3. The first-order valence-electron chi connectivity index (χ1n) is 9.09. The van der Waals surface area contributed by atoms with E-state index in [0.29, 0.717) is 23.6 Å². The number of nitrogens with one attached hydrogen (secondary N) is 1. The SMILES string of the molecule is C[C@H](OC(=O)c1ccc2c(c1)CCC2)C(=O)NCc1ccc2c(c1)OCO2. The van der Waals surface area contributed by atoms with Crippen LogP contribution in [0.5, 0.6) is 11.5 Å². The van der Waals surface area contributed by atoms with Gasteiger partial charge in [0.15, 0.2) is 17.6 Å². The first kappa shape index (κ1) is 17.4. The van der Waals surface area contributed by atoms with Crippen LogP contribution in [0.2, 0.25) is 0 Å². The van der Waals surface area contributed by atoms with Gasteiger partial charge in [0.1, 0.15) is 0 Å². The van der Waals surface area contributed by atoms with Gasteiger partial charge in [-0.05, 0) is 67.1 Å². The van der Waals surface area contributed by atoms with Crippen LogP contribution < -0.4 is 14.8 Å². The lowest BCUT2D eigenvalue weighted by molar-refractivity contribution is -0.129. The molecule has 0 saturated heterocycles. The molecule has 0 fully saturated rings. The fraction of sp³-hybridized carbons (Fsp3) is 0.333. The highest BCUT2D eigenvalue weighted by Gasteiger charge is 2.21. The summed E-state index contributed by atoms with van der Waals surface area (Å²) in [5.74, 6) is 0.539. The third kappa shape index (κ3) is 3.74. The maximum atomic E-state index is 12.3. The number of carbonyl (C=O) groups excluding carboxylic acids is 2. The first-order valence-corrected chi connectivity index (χ1v) is 9.09. The van der Waals surface area contributed by atoms with Crippen molar-refractivity contribution in [2.45, 2.75) is 38.8 Å². The number of ether oxygens (including phenoxy) is 3. The van der Waals surface area contributed by atoms with E-state index in [9.17, 15) is 9.59 Å². The third-order valence-electron chi connectivity index (χ3n) is 4.89. The monoisotopic (exact) mass is 367 g/mol. The Balaban J connectivity index is 1.31. The van der Waals surface area contributed by atoms with Gasteiger partial charge in [0.2, 0.25) is 6.79 Å². The van der Waals surface area contributed by atoms with Crippen LogP contribution in [0.4, 0.5) is 0 Å². The number of fused-ring (bicyclic) bond motifs is 2. The number of carbonyl (C=O) groups is 2. The van der Waals surface area contributed by atoms with Crippen molar-refractivity contribution in [1.29, 1.82) is 0 Å². The molecule has 2 aromatic rings. The Labute approximate surface area is 157 Å². The number of rotatable bonds is 5. The summed E-state index contributed by atoms with van der Waals surface area (Å²) >= 11 is 0. The second-order valence-corrected chi connectivity index (χ2v) is 6.79. The molecule has 6 nitrogen and oxygen atoms in total. The summed E-state index contributed by atoms with van der Waals surface area (Å²) in [5.41, 5.74) is 3.86. The molecule has 1 N–H and O–H groups in total. The molecule has 1 heterocycles. The Morgan fingerprint density at radius 2 is 1.89 bits per heavy atom. The average Bonchev–Trinajstić information content (AvgIpc) is 3.33. The van der Waals surface area contributed by atoms with Crippen molar-refractivity contribution < 1.29 is 23.8 Å². The van der Waals surface area contributed by atoms with Gasteiger partial charge < -0.3 is 19.5 Å². The molecule has 27 heavy (non-hydrogen) atoms. The summed E-state index contributed by atoms with van der Waals surface area (Å²) in [6.07, 6.45) is 2.29. The van der Waals surface area contributed by atoms with E-state index in [1.165, 1.54) is 11.1 Å². The van der Waals surface area contributed by atoms with E-state index in [2.05, 4.69) is 5.32 Å². The molecule has 2 aromatic carbocycles. The molecule has 4 rings (SSSR count). The quantitative estimate of drug-likeness (QED) is 0.823. The van der Waals surface area contributed by atoms with Gasteiger partial charge in [-0.2, -0.15) is 0 Å². The summed E-state index contributed by atoms with van der Waals surface area (Å²) in [7, 11) is 0. The minimum absolute atomic E-state index is 0.209. The minimum atomic E-state index is -0.875. The Hall–Kier alpha value is -3.02. The lowest BCUT2D eigenvalue weighted by Gasteiger charge is -2.14. The van der Waals surface area contributed by atoms with Gasteiger partial charge in [-0.25, -0.2) is 4.79 Å². The van der Waals surface area contributed by atoms with Crippen molar-refractivity contribution in [3.8, 4) is 11.5 Å². The van der Waals surface area contributed by atoms with Crippen LogP contribution in [0.3, 0.4) is 0 Å². The summed E-state index contributed by atoms with van der Waals surface area (Å²) in [5, 5.41) is 2.78. The smallest absolute Gasteiger partial charge is 0.338 e. The fourth-order valence-electron chi connectivity index (χ4n) is 3.36. The maximum Gasteiger partial charge on any atom is 0.338 e. The van der Waals surface area contributed by atoms with Crippen LogP contribution in [-0.2, 0) is 28.9 Å². The van der Waals surface area contributed by atoms with Crippen molar-refractivity contribution in [3.63, 3.8) is 0 Å². The summed E-state index contributed by atoms with van der Waals surface area (Å²) in [6, 6.07) is 11.1. The molecule has 1 aliphatic carbocycles. The van der Waals surface area contributed by atoms with E-state index in [1.54, 1.807) is 19.1 Å². The number of esters is 1. The third-order valence-corrected chi connectivity index (χ3v) is 4.89.